The molecular weight excluding hydrogens is 266 g/mol. The molecule has 0 amide bonds. The van der Waals surface area contributed by atoms with Crippen LogP contribution < -0.4 is 10.5 Å². The third-order valence-electron chi connectivity index (χ3n) is 3.25. The predicted octanol–water partition coefficient (Wildman–Crippen LogP) is 2.34. The molecule has 0 radical (unpaired) electrons. The quantitative estimate of drug-likeness (QED) is 0.652. The van der Waals surface area contributed by atoms with Crippen molar-refractivity contribution in [2.24, 2.45) is 5.73 Å². The number of amidine groups is 1. The van der Waals surface area contributed by atoms with Crippen molar-refractivity contribution in [2.45, 2.75) is 40.3 Å². The van der Waals surface area contributed by atoms with E-state index in [4.69, 9.17) is 15.9 Å². The number of nitrogens with one attached hydrogen (secondary N) is 1. The average molecular weight is 287 g/mol. The highest BCUT2D eigenvalue weighted by molar-refractivity contribution is 5.95. The van der Waals surface area contributed by atoms with Crippen LogP contribution >= 0.6 is 0 Å². The number of nitrogens with zero attached hydrogens (tertiary/aromatic N) is 3. The third-order valence-corrected chi connectivity index (χ3v) is 3.25. The van der Waals surface area contributed by atoms with Crippen molar-refractivity contribution in [1.29, 1.82) is 5.41 Å². The predicted molar refractivity (Wildman–Crippen MR) is 81.7 cm³/mol. The van der Waals surface area contributed by atoms with Crippen LogP contribution in [0.4, 0.5) is 0 Å². The third kappa shape index (κ3) is 3.21. The van der Waals surface area contributed by atoms with Gasteiger partial charge in [0.15, 0.2) is 5.82 Å². The van der Waals surface area contributed by atoms with Gasteiger partial charge in [0.25, 0.3) is 0 Å². The molecule has 2 rings (SSSR count). The molecule has 3 N–H and O–H groups in total. The van der Waals surface area contributed by atoms with Crippen LogP contribution in [0.3, 0.4) is 0 Å². The van der Waals surface area contributed by atoms with Gasteiger partial charge >= 0.3 is 0 Å². The Kier molecular flexibility index (Phi) is 4.26. The number of hydrogen-bond acceptors (Lipinski definition) is 4. The Morgan fingerprint density at radius 1 is 1.33 bits per heavy atom. The van der Waals surface area contributed by atoms with Gasteiger partial charge in [-0.1, -0.05) is 0 Å². The summed E-state index contributed by atoms with van der Waals surface area (Å²) in [6.07, 6.45) is 1.54. The molecule has 112 valence electrons. The Morgan fingerprint density at radius 2 is 1.95 bits per heavy atom. The summed E-state index contributed by atoms with van der Waals surface area (Å²) < 4.78 is 7.74. The highest BCUT2D eigenvalue weighted by Gasteiger charge is 2.12. The molecule has 0 bridgehead atoms. The van der Waals surface area contributed by atoms with E-state index in [2.05, 4.69) is 23.9 Å². The number of hydrogen-bond donors (Lipinski definition) is 2. The molecule has 0 unspecified atom stereocenters. The second-order valence-electron chi connectivity index (χ2n) is 5.36. The number of nitrogens with two attached hydrogens (primary N) is 1. The molecule has 0 saturated heterocycles. The first-order chi connectivity index (χ1) is 9.90. The average Bonchev–Trinajstić information content (AvgIpc) is 2.86. The van der Waals surface area contributed by atoms with Gasteiger partial charge in [-0.15, -0.1) is 0 Å². The van der Waals surface area contributed by atoms with Crippen molar-refractivity contribution >= 4 is 5.84 Å². The minimum absolute atomic E-state index is 0.0623. The zero-order valence-electron chi connectivity index (χ0n) is 12.8. The minimum Gasteiger partial charge on any atom is -0.485 e. The maximum absolute atomic E-state index is 7.51. The zero-order chi connectivity index (χ0) is 15.6. The van der Waals surface area contributed by atoms with E-state index in [1.165, 1.54) is 6.33 Å². The van der Waals surface area contributed by atoms with E-state index < -0.39 is 0 Å². The lowest BCUT2D eigenvalue weighted by molar-refractivity contribution is 0.279. The van der Waals surface area contributed by atoms with E-state index >= 15 is 0 Å². The van der Waals surface area contributed by atoms with Gasteiger partial charge in [-0.3, -0.25) is 5.41 Å². The smallest absolute Gasteiger partial charge is 0.165 e. The summed E-state index contributed by atoms with van der Waals surface area (Å²) in [6.45, 7) is 8.36. The van der Waals surface area contributed by atoms with Gasteiger partial charge in [0.05, 0.1) is 0 Å². The van der Waals surface area contributed by atoms with E-state index in [1.54, 1.807) is 0 Å². The molecular formula is C15H21N5O. The van der Waals surface area contributed by atoms with Crippen molar-refractivity contribution < 1.29 is 4.74 Å². The molecule has 0 fully saturated rings. The number of rotatable bonds is 5. The van der Waals surface area contributed by atoms with Crippen LogP contribution in [0.25, 0.3) is 0 Å². The second-order valence-corrected chi connectivity index (χ2v) is 5.36. The van der Waals surface area contributed by atoms with E-state index in [-0.39, 0.29) is 11.9 Å². The van der Waals surface area contributed by atoms with Crippen LogP contribution in [-0.4, -0.2) is 20.6 Å². The Bertz CT molecular complexity index is 637. The summed E-state index contributed by atoms with van der Waals surface area (Å²) in [5.41, 5.74) is 8.15. The fraction of sp³-hybridized carbons (Fsp3) is 0.400. The fourth-order valence-corrected chi connectivity index (χ4v) is 2.28. The Labute approximate surface area is 124 Å². The Morgan fingerprint density at radius 3 is 2.48 bits per heavy atom. The Hall–Kier alpha value is -2.37. The van der Waals surface area contributed by atoms with Crippen molar-refractivity contribution in [1.82, 2.24) is 14.8 Å². The van der Waals surface area contributed by atoms with Crippen LogP contribution in [0.5, 0.6) is 5.75 Å². The van der Waals surface area contributed by atoms with Crippen molar-refractivity contribution in [2.75, 3.05) is 0 Å². The van der Waals surface area contributed by atoms with Gasteiger partial charge in [-0.2, -0.15) is 5.10 Å². The van der Waals surface area contributed by atoms with Gasteiger partial charge in [-0.25, -0.2) is 9.67 Å². The highest BCUT2D eigenvalue weighted by Crippen LogP contribution is 2.25. The van der Waals surface area contributed by atoms with Crippen LogP contribution in [0.15, 0.2) is 18.5 Å². The van der Waals surface area contributed by atoms with Crippen LogP contribution in [0, 0.1) is 19.3 Å². The van der Waals surface area contributed by atoms with Gasteiger partial charge < -0.3 is 10.5 Å². The van der Waals surface area contributed by atoms with E-state index in [0.717, 1.165) is 22.7 Å². The largest absolute Gasteiger partial charge is 0.485 e. The first-order valence-corrected chi connectivity index (χ1v) is 6.87. The van der Waals surface area contributed by atoms with Crippen molar-refractivity contribution in [3.8, 4) is 5.75 Å². The molecule has 0 aliphatic rings. The van der Waals surface area contributed by atoms with Crippen LogP contribution in [-0.2, 0) is 6.61 Å². The van der Waals surface area contributed by atoms with Crippen molar-refractivity contribution in [3.05, 3.63) is 41.0 Å². The van der Waals surface area contributed by atoms with E-state index in [1.807, 2.05) is 30.7 Å². The summed E-state index contributed by atoms with van der Waals surface area (Å²) in [5, 5.41) is 11.7. The molecule has 0 atom stereocenters. The Balaban J connectivity index is 2.20. The van der Waals surface area contributed by atoms with Gasteiger partial charge in [0.1, 0.15) is 24.5 Å². The highest BCUT2D eigenvalue weighted by atomic mass is 16.5. The molecule has 0 aliphatic carbocycles. The lowest BCUT2D eigenvalue weighted by Gasteiger charge is -2.15. The summed E-state index contributed by atoms with van der Waals surface area (Å²) >= 11 is 0. The summed E-state index contributed by atoms with van der Waals surface area (Å²) in [7, 11) is 0. The van der Waals surface area contributed by atoms with Crippen LogP contribution in [0.2, 0.25) is 0 Å². The van der Waals surface area contributed by atoms with E-state index in [0.29, 0.717) is 12.2 Å². The number of aryl methyl sites for hydroxylation is 2. The number of aromatic nitrogens is 3. The van der Waals surface area contributed by atoms with Gasteiger partial charge in [0.2, 0.25) is 0 Å². The minimum atomic E-state index is 0.0623. The monoisotopic (exact) mass is 287 g/mol. The molecule has 6 nitrogen and oxygen atoms in total. The SMILES string of the molecule is Cc1cc(C(=N)N)cc(C)c1OCc1ncnn1C(C)C. The standard InChI is InChI=1S/C15H21N5O/c1-9(2)20-13(18-8-19-20)7-21-14-10(3)5-12(15(16)17)6-11(14)4/h5-6,8-9H,7H2,1-4H3,(H3,16,17). The molecule has 1 aromatic carbocycles. The van der Waals surface area contributed by atoms with E-state index in [9.17, 15) is 0 Å². The number of nitrogen functional groups attached to an aromatic ring is 1. The lowest BCUT2D eigenvalue weighted by atomic mass is 10.1. The summed E-state index contributed by atoms with van der Waals surface area (Å²) in [4.78, 5) is 4.23. The normalized spacial score (nSPS) is 10.9. The first kappa shape index (κ1) is 15.0. The molecule has 2 aromatic rings. The maximum Gasteiger partial charge on any atom is 0.165 e. The molecule has 0 saturated carbocycles. The lowest BCUT2D eigenvalue weighted by Crippen LogP contribution is -2.13. The summed E-state index contributed by atoms with van der Waals surface area (Å²) in [5.74, 6) is 1.66. The zero-order valence-corrected chi connectivity index (χ0v) is 12.8. The maximum atomic E-state index is 7.51. The van der Waals surface area contributed by atoms with Crippen LogP contribution in [0.1, 0.15) is 42.4 Å². The molecule has 1 aromatic heterocycles. The number of ether oxygens (including phenoxy) is 1. The molecule has 6 heteroatoms. The first-order valence-electron chi connectivity index (χ1n) is 6.87. The molecule has 0 aliphatic heterocycles. The van der Waals surface area contributed by atoms with Gasteiger partial charge in [-0.05, 0) is 51.0 Å². The summed E-state index contributed by atoms with van der Waals surface area (Å²) in [6, 6.07) is 3.96. The topological polar surface area (TPSA) is 89.8 Å². The molecule has 21 heavy (non-hydrogen) atoms. The second kappa shape index (κ2) is 5.95. The van der Waals surface area contributed by atoms with Gasteiger partial charge in [0, 0.05) is 11.6 Å². The van der Waals surface area contributed by atoms with Crippen molar-refractivity contribution in [3.63, 3.8) is 0 Å². The molecule has 1 heterocycles. The molecule has 0 spiro atoms. The fourth-order valence-electron chi connectivity index (χ4n) is 2.28. The number of benzene rings is 1.